The molecule has 2 rings (SSSR count). The maximum Gasteiger partial charge on any atom is 0.127 e. The van der Waals surface area contributed by atoms with Gasteiger partial charge in [0, 0.05) is 24.8 Å². The molecule has 88 valence electrons. The Morgan fingerprint density at radius 1 is 1.50 bits per heavy atom. The summed E-state index contributed by atoms with van der Waals surface area (Å²) in [5, 5.41) is 3.32. The van der Waals surface area contributed by atoms with Crippen LogP contribution in [0, 0.1) is 5.82 Å². The van der Waals surface area contributed by atoms with Crippen LogP contribution in [0.15, 0.2) is 24.3 Å². The van der Waals surface area contributed by atoms with Crippen LogP contribution in [0.4, 0.5) is 4.39 Å². The first-order chi connectivity index (χ1) is 7.77. The first-order valence-electron chi connectivity index (χ1n) is 5.87. The molecule has 1 aliphatic heterocycles. The fraction of sp³-hybridized carbons (Fsp3) is 0.538. The van der Waals surface area contributed by atoms with Gasteiger partial charge in [0.25, 0.3) is 0 Å². The highest BCUT2D eigenvalue weighted by Crippen LogP contribution is 2.17. The second kappa shape index (κ2) is 5.41. The lowest BCUT2D eigenvalue weighted by Gasteiger charge is -2.17. The summed E-state index contributed by atoms with van der Waals surface area (Å²) < 4.78 is 19.0. The molecule has 1 heterocycles. The number of rotatable bonds is 4. The van der Waals surface area contributed by atoms with E-state index in [-0.39, 0.29) is 11.9 Å². The van der Waals surface area contributed by atoms with Crippen molar-refractivity contribution in [2.75, 3.05) is 13.2 Å². The lowest BCUT2D eigenvalue weighted by atomic mass is 10.1. The minimum atomic E-state index is -0.144. The second-order valence-electron chi connectivity index (χ2n) is 4.29. The van der Waals surface area contributed by atoms with E-state index in [4.69, 9.17) is 4.74 Å². The van der Waals surface area contributed by atoms with Gasteiger partial charge in [-0.3, -0.25) is 0 Å². The van der Waals surface area contributed by atoms with E-state index in [0.717, 1.165) is 31.6 Å². The number of ether oxygens (including phenoxy) is 1. The van der Waals surface area contributed by atoms with Gasteiger partial charge in [-0.15, -0.1) is 0 Å². The molecule has 0 saturated carbocycles. The Hall–Kier alpha value is -0.930. The lowest BCUT2D eigenvalue weighted by Crippen LogP contribution is -2.29. The molecule has 1 aliphatic rings. The third kappa shape index (κ3) is 2.80. The molecule has 0 aliphatic carbocycles. The van der Waals surface area contributed by atoms with Gasteiger partial charge in [0.15, 0.2) is 0 Å². The van der Waals surface area contributed by atoms with E-state index in [1.807, 2.05) is 19.1 Å². The largest absolute Gasteiger partial charge is 0.377 e. The Bertz CT molecular complexity index is 336. The van der Waals surface area contributed by atoms with Gasteiger partial charge in [0.05, 0.1) is 6.10 Å². The number of hydrogen-bond acceptors (Lipinski definition) is 2. The minimum Gasteiger partial charge on any atom is -0.377 e. The third-order valence-electron chi connectivity index (χ3n) is 3.05. The summed E-state index contributed by atoms with van der Waals surface area (Å²) >= 11 is 0. The molecule has 1 aromatic carbocycles. The highest BCUT2D eigenvalue weighted by atomic mass is 19.1. The maximum atomic E-state index is 13.5. The average Bonchev–Trinajstić information content (AvgIpc) is 2.79. The zero-order valence-corrected chi connectivity index (χ0v) is 9.58. The Labute approximate surface area is 95.8 Å². The summed E-state index contributed by atoms with van der Waals surface area (Å²) in [6.45, 7) is 3.64. The second-order valence-corrected chi connectivity index (χ2v) is 4.29. The standard InChI is InChI=1S/C13H18FNO/c1-10(12-6-2-3-7-13(12)14)15-9-11-5-4-8-16-11/h2-3,6-7,10-11,15H,4-5,8-9H2,1H3/t10-,11?/m1/s1. The van der Waals surface area contributed by atoms with E-state index in [9.17, 15) is 4.39 Å². The molecule has 0 spiro atoms. The van der Waals surface area contributed by atoms with Crippen LogP contribution in [0.1, 0.15) is 31.4 Å². The van der Waals surface area contributed by atoms with Crippen LogP contribution in [-0.2, 0) is 4.74 Å². The number of hydrogen-bond donors (Lipinski definition) is 1. The van der Waals surface area contributed by atoms with Crippen LogP contribution in [0.2, 0.25) is 0 Å². The van der Waals surface area contributed by atoms with Gasteiger partial charge in [-0.25, -0.2) is 4.39 Å². The van der Waals surface area contributed by atoms with Gasteiger partial charge in [-0.2, -0.15) is 0 Å². The molecule has 1 N–H and O–H groups in total. The fourth-order valence-corrected chi connectivity index (χ4v) is 2.05. The summed E-state index contributed by atoms with van der Waals surface area (Å²) in [4.78, 5) is 0. The third-order valence-corrected chi connectivity index (χ3v) is 3.05. The monoisotopic (exact) mass is 223 g/mol. The molecular formula is C13H18FNO. The van der Waals surface area contributed by atoms with Crippen molar-refractivity contribution in [1.82, 2.24) is 5.32 Å². The molecule has 16 heavy (non-hydrogen) atoms. The van der Waals surface area contributed by atoms with Crippen molar-refractivity contribution in [3.8, 4) is 0 Å². The average molecular weight is 223 g/mol. The Kier molecular flexibility index (Phi) is 3.91. The van der Waals surface area contributed by atoms with Crippen molar-refractivity contribution >= 4 is 0 Å². The zero-order valence-electron chi connectivity index (χ0n) is 9.58. The van der Waals surface area contributed by atoms with Crippen LogP contribution in [-0.4, -0.2) is 19.3 Å². The molecular weight excluding hydrogens is 205 g/mol. The molecule has 0 aromatic heterocycles. The van der Waals surface area contributed by atoms with Crippen LogP contribution >= 0.6 is 0 Å². The van der Waals surface area contributed by atoms with Gasteiger partial charge in [0.1, 0.15) is 5.82 Å². The summed E-state index contributed by atoms with van der Waals surface area (Å²) in [5.41, 5.74) is 0.723. The van der Waals surface area contributed by atoms with Crippen molar-refractivity contribution in [1.29, 1.82) is 0 Å². The number of halogens is 1. The van der Waals surface area contributed by atoms with Crippen molar-refractivity contribution in [3.63, 3.8) is 0 Å². The number of nitrogens with one attached hydrogen (secondary N) is 1. The highest BCUT2D eigenvalue weighted by Gasteiger charge is 2.17. The molecule has 3 heteroatoms. The predicted molar refractivity (Wildman–Crippen MR) is 61.8 cm³/mol. The smallest absolute Gasteiger partial charge is 0.127 e. The van der Waals surface area contributed by atoms with E-state index in [1.165, 1.54) is 6.07 Å². The van der Waals surface area contributed by atoms with E-state index in [0.29, 0.717) is 6.10 Å². The summed E-state index contributed by atoms with van der Waals surface area (Å²) in [7, 11) is 0. The van der Waals surface area contributed by atoms with Crippen LogP contribution < -0.4 is 5.32 Å². The summed E-state index contributed by atoms with van der Waals surface area (Å²) in [6.07, 6.45) is 2.55. The Morgan fingerprint density at radius 3 is 3.00 bits per heavy atom. The first kappa shape index (κ1) is 11.6. The Balaban J connectivity index is 1.87. The van der Waals surface area contributed by atoms with E-state index < -0.39 is 0 Å². The first-order valence-corrected chi connectivity index (χ1v) is 5.87. The van der Waals surface area contributed by atoms with Crippen molar-refractivity contribution in [3.05, 3.63) is 35.6 Å². The summed E-state index contributed by atoms with van der Waals surface area (Å²) in [6, 6.07) is 6.93. The molecule has 0 amide bonds. The molecule has 2 nitrogen and oxygen atoms in total. The SMILES string of the molecule is C[C@@H](NCC1CCCO1)c1ccccc1F. The molecule has 1 unspecified atom stereocenters. The summed E-state index contributed by atoms with van der Waals surface area (Å²) in [5.74, 6) is -0.144. The van der Waals surface area contributed by atoms with E-state index >= 15 is 0 Å². The lowest BCUT2D eigenvalue weighted by molar-refractivity contribution is 0.108. The van der Waals surface area contributed by atoms with Crippen LogP contribution in [0.25, 0.3) is 0 Å². The van der Waals surface area contributed by atoms with Gasteiger partial charge in [-0.05, 0) is 25.8 Å². The van der Waals surface area contributed by atoms with Gasteiger partial charge in [-0.1, -0.05) is 18.2 Å². The van der Waals surface area contributed by atoms with Crippen molar-refractivity contribution < 1.29 is 9.13 Å². The van der Waals surface area contributed by atoms with Crippen molar-refractivity contribution in [2.45, 2.75) is 31.9 Å². The van der Waals surface area contributed by atoms with E-state index in [2.05, 4.69) is 5.32 Å². The normalized spacial score (nSPS) is 22.2. The van der Waals surface area contributed by atoms with Crippen LogP contribution in [0.5, 0.6) is 0 Å². The molecule has 0 radical (unpaired) electrons. The highest BCUT2D eigenvalue weighted by molar-refractivity contribution is 5.20. The predicted octanol–water partition coefficient (Wildman–Crippen LogP) is 2.66. The van der Waals surface area contributed by atoms with E-state index in [1.54, 1.807) is 6.07 Å². The van der Waals surface area contributed by atoms with Gasteiger partial charge >= 0.3 is 0 Å². The van der Waals surface area contributed by atoms with Crippen LogP contribution in [0.3, 0.4) is 0 Å². The molecule has 0 bridgehead atoms. The Morgan fingerprint density at radius 2 is 2.31 bits per heavy atom. The van der Waals surface area contributed by atoms with Gasteiger partial charge in [0.2, 0.25) is 0 Å². The fourth-order valence-electron chi connectivity index (χ4n) is 2.05. The quantitative estimate of drug-likeness (QED) is 0.847. The molecule has 1 fully saturated rings. The topological polar surface area (TPSA) is 21.3 Å². The zero-order chi connectivity index (χ0) is 11.4. The minimum absolute atomic E-state index is 0.0328. The van der Waals surface area contributed by atoms with Gasteiger partial charge < -0.3 is 10.1 Å². The molecule has 2 atom stereocenters. The molecule has 1 aromatic rings. The number of benzene rings is 1. The molecule has 1 saturated heterocycles. The van der Waals surface area contributed by atoms with Crippen molar-refractivity contribution in [2.24, 2.45) is 0 Å². The maximum absolute atomic E-state index is 13.5.